The summed E-state index contributed by atoms with van der Waals surface area (Å²) in [6, 6.07) is 23.2. The molecule has 0 atom stereocenters. The number of fused-ring (bicyclic) bond motifs is 3. The SMILES string of the molecule is [2H]c1c(F)c(C([2H])([2H])[2H])c([2H])[n+](C)c1-c1c(C)ccc2c1oc1c(-c3cccc(-c4ccccc4)c3)c(F)ccc12. The fourth-order valence-corrected chi connectivity index (χ4v) is 4.78. The van der Waals surface area contributed by atoms with Crippen molar-refractivity contribution in [2.75, 3.05) is 0 Å². The highest BCUT2D eigenvalue weighted by molar-refractivity contribution is 6.13. The number of aromatic nitrogens is 1. The molecule has 0 fully saturated rings. The minimum absolute atomic E-state index is 0.00393. The van der Waals surface area contributed by atoms with Crippen LogP contribution in [0.2, 0.25) is 0 Å². The third-order valence-electron chi connectivity index (χ3n) is 6.52. The number of nitrogens with zero attached hydrogens (tertiary/aromatic N) is 1. The van der Waals surface area contributed by atoms with Crippen LogP contribution in [0.3, 0.4) is 0 Å². The van der Waals surface area contributed by atoms with Crippen LogP contribution in [0.5, 0.6) is 0 Å². The molecule has 4 heteroatoms. The van der Waals surface area contributed by atoms with Crippen LogP contribution in [-0.4, -0.2) is 0 Å². The summed E-state index contributed by atoms with van der Waals surface area (Å²) in [5.41, 5.74) is 3.48. The quantitative estimate of drug-likeness (QED) is 0.232. The largest absolute Gasteiger partial charge is 0.454 e. The molecule has 0 aliphatic heterocycles. The van der Waals surface area contributed by atoms with Gasteiger partial charge in [0.1, 0.15) is 31.2 Å². The van der Waals surface area contributed by atoms with E-state index in [9.17, 15) is 0 Å². The Kier molecular flexibility index (Phi) is 4.02. The highest BCUT2D eigenvalue weighted by Crippen LogP contribution is 2.42. The van der Waals surface area contributed by atoms with Crippen LogP contribution in [-0.2, 0) is 7.05 Å². The van der Waals surface area contributed by atoms with Gasteiger partial charge in [-0.05, 0) is 54.2 Å². The first-order chi connectivity index (χ1) is 19.5. The molecular weight excluding hydrogens is 452 g/mol. The number of rotatable bonds is 3. The number of aryl methyl sites for hydroxylation is 1. The van der Waals surface area contributed by atoms with Gasteiger partial charge >= 0.3 is 0 Å². The van der Waals surface area contributed by atoms with E-state index in [-0.39, 0.29) is 22.4 Å². The van der Waals surface area contributed by atoms with E-state index in [1.165, 1.54) is 17.7 Å². The van der Waals surface area contributed by atoms with Crippen LogP contribution in [0.15, 0.2) is 95.5 Å². The maximum absolute atomic E-state index is 15.5. The summed E-state index contributed by atoms with van der Waals surface area (Å²) in [6.07, 6.45) is -0.564. The summed E-state index contributed by atoms with van der Waals surface area (Å²) in [4.78, 5) is 0. The van der Waals surface area contributed by atoms with E-state index in [2.05, 4.69) is 0 Å². The molecule has 0 aliphatic carbocycles. The van der Waals surface area contributed by atoms with Gasteiger partial charge in [-0.15, -0.1) is 0 Å². The van der Waals surface area contributed by atoms with Gasteiger partial charge in [0.25, 0.3) is 0 Å². The van der Waals surface area contributed by atoms with E-state index < -0.39 is 36.3 Å². The fraction of sp³-hybridized carbons (Fsp3) is 0.0938. The summed E-state index contributed by atoms with van der Waals surface area (Å²) in [5, 5.41) is 1.25. The highest BCUT2D eigenvalue weighted by atomic mass is 19.1. The molecule has 0 saturated heterocycles. The summed E-state index contributed by atoms with van der Waals surface area (Å²) >= 11 is 0. The van der Waals surface area contributed by atoms with Gasteiger partial charge < -0.3 is 4.42 Å². The van der Waals surface area contributed by atoms with E-state index in [1.807, 2.05) is 54.6 Å². The maximum Gasteiger partial charge on any atom is 0.219 e. The van der Waals surface area contributed by atoms with E-state index in [0.717, 1.165) is 11.1 Å². The van der Waals surface area contributed by atoms with Crippen molar-refractivity contribution in [3.8, 4) is 33.5 Å². The molecule has 36 heavy (non-hydrogen) atoms. The molecule has 0 amide bonds. The molecule has 2 aromatic heterocycles. The molecule has 176 valence electrons. The monoisotopic (exact) mass is 481 g/mol. The number of pyridine rings is 1. The standard InChI is InChI=1S/C32H24F2NO/c1-19-12-13-24-25-14-15-26(33)30(23-11-7-10-22(16-23)21-8-5-4-6-9-21)32(25)36-31(24)29(19)28-17-27(34)20(2)18-35(28)3/h4-18H,1-3H3/q+1/i2D3,17D,18D. The molecule has 0 N–H and O–H groups in total. The smallest absolute Gasteiger partial charge is 0.219 e. The Balaban J connectivity index is 1.65. The summed E-state index contributed by atoms with van der Waals surface area (Å²) < 4.78 is 78.6. The predicted molar refractivity (Wildman–Crippen MR) is 141 cm³/mol. The summed E-state index contributed by atoms with van der Waals surface area (Å²) in [6.45, 7) is -1.15. The van der Waals surface area contributed by atoms with Gasteiger partial charge in [-0.25, -0.2) is 13.3 Å². The summed E-state index contributed by atoms with van der Waals surface area (Å²) in [5.74, 6) is -1.76. The van der Waals surface area contributed by atoms with E-state index in [4.69, 9.17) is 11.3 Å². The van der Waals surface area contributed by atoms with Gasteiger partial charge in [-0.3, -0.25) is 0 Å². The lowest BCUT2D eigenvalue weighted by atomic mass is 9.96. The van der Waals surface area contributed by atoms with Crippen LogP contribution >= 0.6 is 0 Å². The molecule has 0 spiro atoms. The highest BCUT2D eigenvalue weighted by Gasteiger charge is 2.24. The summed E-state index contributed by atoms with van der Waals surface area (Å²) in [7, 11) is 1.42. The molecule has 0 saturated carbocycles. The molecule has 0 radical (unpaired) electrons. The first kappa shape index (κ1) is 17.2. The molecule has 4 aromatic carbocycles. The van der Waals surface area contributed by atoms with E-state index in [0.29, 0.717) is 27.5 Å². The normalized spacial score (nSPS) is 13.8. The van der Waals surface area contributed by atoms with Gasteiger partial charge in [-0.1, -0.05) is 60.7 Å². The molecular formula is C32H24F2NO+. The van der Waals surface area contributed by atoms with Gasteiger partial charge in [-0.2, -0.15) is 0 Å². The van der Waals surface area contributed by atoms with Crippen molar-refractivity contribution < 1.29 is 24.6 Å². The van der Waals surface area contributed by atoms with Gasteiger partial charge in [0.2, 0.25) is 5.69 Å². The topological polar surface area (TPSA) is 17.0 Å². The van der Waals surface area contributed by atoms with Gasteiger partial charge in [0.15, 0.2) is 6.17 Å². The third kappa shape index (κ3) is 3.49. The predicted octanol–water partition coefficient (Wildman–Crippen LogP) is 8.31. The second-order valence-electron chi connectivity index (χ2n) is 8.82. The average Bonchev–Trinajstić information content (AvgIpc) is 3.31. The van der Waals surface area contributed by atoms with Gasteiger partial charge in [0.05, 0.1) is 12.5 Å². The van der Waals surface area contributed by atoms with Gasteiger partial charge in [0, 0.05) is 26.5 Å². The van der Waals surface area contributed by atoms with E-state index in [1.54, 1.807) is 25.1 Å². The molecule has 6 aromatic rings. The Morgan fingerprint density at radius 2 is 1.44 bits per heavy atom. The molecule has 0 aliphatic rings. The lowest BCUT2D eigenvalue weighted by molar-refractivity contribution is -0.661. The first-order valence-electron chi connectivity index (χ1n) is 14.0. The van der Waals surface area contributed by atoms with Crippen molar-refractivity contribution in [3.63, 3.8) is 0 Å². The molecule has 2 heterocycles. The second kappa shape index (κ2) is 8.42. The van der Waals surface area contributed by atoms with Crippen molar-refractivity contribution in [3.05, 3.63) is 114 Å². The average molecular weight is 482 g/mol. The van der Waals surface area contributed by atoms with E-state index >= 15 is 8.78 Å². The maximum atomic E-state index is 15.5. The zero-order valence-corrected chi connectivity index (χ0v) is 19.6. The Labute approximate surface area is 215 Å². The number of halogens is 2. The van der Waals surface area contributed by atoms with Crippen molar-refractivity contribution in [2.45, 2.75) is 13.8 Å². The molecule has 0 unspecified atom stereocenters. The van der Waals surface area contributed by atoms with Crippen molar-refractivity contribution in [1.29, 1.82) is 0 Å². The van der Waals surface area contributed by atoms with Crippen LogP contribution in [0.25, 0.3) is 55.4 Å². The first-order valence-corrected chi connectivity index (χ1v) is 11.5. The molecule has 0 bridgehead atoms. The number of hydrogen-bond donors (Lipinski definition) is 0. The Morgan fingerprint density at radius 3 is 2.22 bits per heavy atom. The minimum atomic E-state index is -2.91. The zero-order valence-electron chi connectivity index (χ0n) is 24.6. The number of furan rings is 1. The second-order valence-corrected chi connectivity index (χ2v) is 8.82. The van der Waals surface area contributed by atoms with Crippen LogP contribution < -0.4 is 4.57 Å². The van der Waals surface area contributed by atoms with Crippen LogP contribution in [0.4, 0.5) is 8.78 Å². The number of hydrogen-bond acceptors (Lipinski definition) is 1. The fourth-order valence-electron chi connectivity index (χ4n) is 4.78. The van der Waals surface area contributed by atoms with Crippen molar-refractivity contribution in [2.24, 2.45) is 7.05 Å². The van der Waals surface area contributed by atoms with Crippen molar-refractivity contribution >= 4 is 21.9 Å². The van der Waals surface area contributed by atoms with Crippen LogP contribution in [0, 0.1) is 25.4 Å². The molecule has 6 rings (SSSR count). The Bertz CT molecular complexity index is 1970. The minimum Gasteiger partial charge on any atom is -0.454 e. The lowest BCUT2D eigenvalue weighted by Gasteiger charge is -2.08. The third-order valence-corrected chi connectivity index (χ3v) is 6.52. The van der Waals surface area contributed by atoms with Crippen LogP contribution in [0.1, 0.15) is 18.0 Å². The van der Waals surface area contributed by atoms with Crippen molar-refractivity contribution in [1.82, 2.24) is 0 Å². The lowest BCUT2D eigenvalue weighted by Crippen LogP contribution is -2.31. The zero-order chi connectivity index (χ0) is 29.2. The number of benzene rings is 4. The Morgan fingerprint density at radius 1 is 0.750 bits per heavy atom. The molecule has 2 nitrogen and oxygen atoms in total. The Hall–Kier alpha value is -4.31.